The maximum absolute atomic E-state index is 12.5. The lowest BCUT2D eigenvalue weighted by Crippen LogP contribution is -2.41. The normalized spacial score (nSPS) is 17.5. The summed E-state index contributed by atoms with van der Waals surface area (Å²) in [6.45, 7) is 5.75. The number of amides is 1. The second kappa shape index (κ2) is 6.89. The van der Waals surface area contributed by atoms with Gasteiger partial charge in [0, 0.05) is 27.0 Å². The molecule has 1 aromatic rings. The molecule has 1 amide bonds. The van der Waals surface area contributed by atoms with Crippen LogP contribution in [-0.2, 0) is 26.1 Å². The minimum absolute atomic E-state index is 0.196. The Hall–Kier alpha value is -1.95. The summed E-state index contributed by atoms with van der Waals surface area (Å²) in [6, 6.07) is 7.08. The summed E-state index contributed by atoms with van der Waals surface area (Å²) in [4.78, 5) is 24.0. The van der Waals surface area contributed by atoms with Crippen LogP contribution in [0.4, 0.5) is 5.69 Å². The third-order valence-electron chi connectivity index (χ3n) is 4.11. The fourth-order valence-corrected chi connectivity index (χ4v) is 3.38. The molecule has 1 unspecified atom stereocenters. The van der Waals surface area contributed by atoms with Crippen LogP contribution in [0.3, 0.4) is 0 Å². The van der Waals surface area contributed by atoms with Gasteiger partial charge in [-0.05, 0) is 51.3 Å². The van der Waals surface area contributed by atoms with E-state index in [0.29, 0.717) is 11.4 Å². The van der Waals surface area contributed by atoms with Crippen molar-refractivity contribution >= 4 is 28.4 Å². The molecule has 0 heterocycles. The first kappa shape index (κ1) is 18.4. The highest BCUT2D eigenvalue weighted by molar-refractivity contribution is 7.85. The van der Waals surface area contributed by atoms with E-state index in [4.69, 9.17) is 0 Å². The quantitative estimate of drug-likeness (QED) is 0.632. The summed E-state index contributed by atoms with van der Waals surface area (Å²) in [7, 11) is -1.04. The van der Waals surface area contributed by atoms with Gasteiger partial charge in [-0.3, -0.25) is 13.8 Å². The van der Waals surface area contributed by atoms with Crippen LogP contribution in [0.5, 0.6) is 0 Å². The molecule has 0 bridgehead atoms. The van der Waals surface area contributed by atoms with Gasteiger partial charge in [0.1, 0.15) is 0 Å². The second-order valence-corrected chi connectivity index (χ2v) is 9.23. The lowest BCUT2D eigenvalue weighted by Gasteiger charge is -2.23. The van der Waals surface area contributed by atoms with Crippen molar-refractivity contribution in [2.24, 2.45) is 5.41 Å². The highest BCUT2D eigenvalue weighted by atomic mass is 32.2. The number of carbonyl (C=O) groups is 2. The van der Waals surface area contributed by atoms with E-state index in [2.05, 4.69) is 5.32 Å². The van der Waals surface area contributed by atoms with Crippen LogP contribution >= 0.6 is 0 Å². The van der Waals surface area contributed by atoms with Crippen molar-refractivity contribution < 1.29 is 18.9 Å². The molecule has 2 rings (SSSR count). The molecule has 6 heteroatoms. The van der Waals surface area contributed by atoms with E-state index in [1.54, 1.807) is 30.4 Å². The van der Waals surface area contributed by atoms with Gasteiger partial charge in [0.25, 0.3) is 0 Å². The second-order valence-electron chi connectivity index (χ2n) is 7.02. The lowest BCUT2D eigenvalue weighted by atomic mass is 9.84. The van der Waals surface area contributed by atoms with Crippen molar-refractivity contribution in [2.75, 3.05) is 5.32 Å². The fraction of sp³-hybridized carbons (Fsp3) is 0.444. The number of allylic oxidation sites excluding steroid dienone is 2. The largest absolute Gasteiger partial charge is 0.480 e. The van der Waals surface area contributed by atoms with E-state index in [9.17, 15) is 18.9 Å². The standard InChI is InChI=1S/C18H23NO4S/c1-17(2,3)24(23)12-13-7-6-8-14(11-13)19-15(20)18(16(21)22)9-4-5-10-18/h4-8,11H,9-10,12H2,1-3H3,(H,19,20)(H,21,22). The van der Waals surface area contributed by atoms with Crippen molar-refractivity contribution in [1.82, 2.24) is 0 Å². The lowest BCUT2D eigenvalue weighted by molar-refractivity contribution is -0.153. The van der Waals surface area contributed by atoms with Gasteiger partial charge in [0.15, 0.2) is 5.41 Å². The molecule has 0 aromatic heterocycles. The summed E-state index contributed by atoms with van der Waals surface area (Å²) in [5, 5.41) is 12.1. The zero-order valence-corrected chi connectivity index (χ0v) is 15.0. The first-order valence-corrected chi connectivity index (χ1v) is 9.14. The van der Waals surface area contributed by atoms with Crippen molar-refractivity contribution in [2.45, 2.75) is 44.1 Å². The zero-order valence-electron chi connectivity index (χ0n) is 14.2. The van der Waals surface area contributed by atoms with E-state index in [-0.39, 0.29) is 17.6 Å². The van der Waals surface area contributed by atoms with Crippen molar-refractivity contribution in [3.63, 3.8) is 0 Å². The number of nitrogens with one attached hydrogen (secondary N) is 1. The predicted octanol–water partition coefficient (Wildman–Crippen LogP) is 3.09. The smallest absolute Gasteiger partial charge is 0.319 e. The molecule has 1 atom stereocenters. The van der Waals surface area contributed by atoms with Crippen LogP contribution in [0.25, 0.3) is 0 Å². The molecule has 0 radical (unpaired) electrons. The van der Waals surface area contributed by atoms with Gasteiger partial charge in [-0.1, -0.05) is 24.3 Å². The molecular weight excluding hydrogens is 326 g/mol. The Morgan fingerprint density at radius 2 is 1.88 bits per heavy atom. The Kier molecular flexibility index (Phi) is 5.28. The van der Waals surface area contributed by atoms with Crippen LogP contribution in [0.1, 0.15) is 39.2 Å². The summed E-state index contributed by atoms with van der Waals surface area (Å²) < 4.78 is 11.9. The molecule has 1 aliphatic rings. The molecule has 0 spiro atoms. The average Bonchev–Trinajstić information content (AvgIpc) is 2.97. The summed E-state index contributed by atoms with van der Waals surface area (Å²) in [6.07, 6.45) is 3.83. The molecule has 0 saturated carbocycles. The molecule has 24 heavy (non-hydrogen) atoms. The van der Waals surface area contributed by atoms with Gasteiger partial charge in [-0.25, -0.2) is 0 Å². The van der Waals surface area contributed by atoms with Gasteiger partial charge < -0.3 is 10.4 Å². The fourth-order valence-electron chi connectivity index (χ4n) is 2.47. The van der Waals surface area contributed by atoms with Gasteiger partial charge in [0.2, 0.25) is 5.91 Å². The van der Waals surface area contributed by atoms with E-state index >= 15 is 0 Å². The number of carbonyl (C=O) groups excluding carboxylic acids is 1. The van der Waals surface area contributed by atoms with Gasteiger partial charge in [0.05, 0.1) is 0 Å². The topological polar surface area (TPSA) is 83.5 Å². The number of benzene rings is 1. The maximum Gasteiger partial charge on any atom is 0.319 e. The highest BCUT2D eigenvalue weighted by Gasteiger charge is 2.46. The summed E-state index contributed by atoms with van der Waals surface area (Å²) in [5.41, 5.74) is -0.0598. The van der Waals surface area contributed by atoms with E-state index in [0.717, 1.165) is 5.56 Å². The number of anilines is 1. The first-order chi connectivity index (χ1) is 11.1. The van der Waals surface area contributed by atoms with Crippen molar-refractivity contribution in [3.8, 4) is 0 Å². The Labute approximate surface area is 144 Å². The minimum Gasteiger partial charge on any atom is -0.480 e. The molecule has 2 N–H and O–H groups in total. The van der Waals surface area contributed by atoms with Crippen LogP contribution < -0.4 is 5.32 Å². The maximum atomic E-state index is 12.5. The van der Waals surface area contributed by atoms with E-state index < -0.39 is 28.1 Å². The molecular formula is C18H23NO4S. The molecule has 5 nitrogen and oxygen atoms in total. The van der Waals surface area contributed by atoms with Gasteiger partial charge in [-0.2, -0.15) is 0 Å². The van der Waals surface area contributed by atoms with Gasteiger partial charge >= 0.3 is 5.97 Å². The number of hydrogen-bond donors (Lipinski definition) is 2. The number of carboxylic acids is 1. The third-order valence-corrected chi connectivity index (χ3v) is 6.07. The Morgan fingerprint density at radius 3 is 2.42 bits per heavy atom. The predicted molar refractivity (Wildman–Crippen MR) is 95.1 cm³/mol. The van der Waals surface area contributed by atoms with Crippen LogP contribution in [0.15, 0.2) is 36.4 Å². The van der Waals surface area contributed by atoms with E-state index in [1.165, 1.54) is 0 Å². The Bertz CT molecular complexity index is 695. The highest BCUT2D eigenvalue weighted by Crippen LogP contribution is 2.35. The first-order valence-electron chi connectivity index (χ1n) is 7.82. The Balaban J connectivity index is 2.13. The van der Waals surface area contributed by atoms with E-state index in [1.807, 2.05) is 26.8 Å². The SMILES string of the molecule is CC(C)(C)S(=O)Cc1cccc(NC(=O)C2(C(=O)O)CC=CC2)c1. The molecule has 130 valence electrons. The number of rotatable bonds is 5. The Morgan fingerprint density at radius 1 is 1.25 bits per heavy atom. The average molecular weight is 349 g/mol. The number of aliphatic carboxylic acids is 1. The molecule has 0 saturated heterocycles. The minimum atomic E-state index is -1.43. The van der Waals surface area contributed by atoms with Crippen LogP contribution in [0.2, 0.25) is 0 Å². The summed E-state index contributed by atoms with van der Waals surface area (Å²) in [5.74, 6) is -1.25. The third kappa shape index (κ3) is 3.93. The molecule has 1 aromatic carbocycles. The zero-order chi connectivity index (χ0) is 18.0. The van der Waals surface area contributed by atoms with Crippen molar-refractivity contribution in [1.29, 1.82) is 0 Å². The molecule has 0 fully saturated rings. The van der Waals surface area contributed by atoms with Gasteiger partial charge in [-0.15, -0.1) is 0 Å². The molecule has 0 aliphatic heterocycles. The number of carboxylic acid groups (broad SMARTS) is 1. The summed E-state index contributed by atoms with van der Waals surface area (Å²) >= 11 is 0. The monoisotopic (exact) mass is 349 g/mol. The van der Waals surface area contributed by atoms with Crippen molar-refractivity contribution in [3.05, 3.63) is 42.0 Å². The van der Waals surface area contributed by atoms with Crippen LogP contribution in [0, 0.1) is 5.41 Å². The molecule has 1 aliphatic carbocycles. The number of hydrogen-bond acceptors (Lipinski definition) is 3. The van der Waals surface area contributed by atoms with Crippen LogP contribution in [-0.4, -0.2) is 25.9 Å².